The Bertz CT molecular complexity index is 181. The van der Waals surface area contributed by atoms with E-state index in [1.807, 2.05) is 20.8 Å². The van der Waals surface area contributed by atoms with E-state index in [2.05, 4.69) is 10.6 Å². The number of ether oxygens (including phenoxy) is 1. The van der Waals surface area contributed by atoms with Gasteiger partial charge in [0.25, 0.3) is 0 Å². The lowest BCUT2D eigenvalue weighted by molar-refractivity contribution is 0.0500. The predicted molar refractivity (Wildman–Crippen MR) is 50.4 cm³/mol. The van der Waals surface area contributed by atoms with Crippen LogP contribution >= 0.6 is 0 Å². The van der Waals surface area contributed by atoms with Gasteiger partial charge in [-0.25, -0.2) is 4.79 Å². The monoisotopic (exact) mass is 186 g/mol. The standard InChI is InChI=1S/C9H18N2O2/c1-9(2,3)13-8(12)11-7-5-4-6-10-7/h7,10H,4-6H2,1-3H3,(H,11,12). The van der Waals surface area contributed by atoms with Crippen molar-refractivity contribution in [3.8, 4) is 0 Å². The Hall–Kier alpha value is -0.770. The maximum atomic E-state index is 11.2. The quantitative estimate of drug-likeness (QED) is 0.647. The van der Waals surface area contributed by atoms with E-state index in [1.165, 1.54) is 0 Å². The molecule has 0 saturated carbocycles. The van der Waals surface area contributed by atoms with E-state index in [0.29, 0.717) is 0 Å². The highest BCUT2D eigenvalue weighted by molar-refractivity contribution is 5.68. The second kappa shape index (κ2) is 3.96. The number of hydrogen-bond donors (Lipinski definition) is 2. The van der Waals surface area contributed by atoms with Crippen LogP contribution in [0.5, 0.6) is 0 Å². The van der Waals surface area contributed by atoms with Crippen LogP contribution in [0, 0.1) is 0 Å². The molecule has 2 N–H and O–H groups in total. The van der Waals surface area contributed by atoms with Crippen molar-refractivity contribution in [1.29, 1.82) is 0 Å². The van der Waals surface area contributed by atoms with E-state index < -0.39 is 5.60 Å². The summed E-state index contributed by atoms with van der Waals surface area (Å²) in [6.07, 6.45) is 1.85. The average molecular weight is 186 g/mol. The van der Waals surface area contributed by atoms with Gasteiger partial charge in [-0.15, -0.1) is 0 Å². The van der Waals surface area contributed by atoms with Crippen molar-refractivity contribution in [2.75, 3.05) is 6.54 Å². The zero-order chi connectivity index (χ0) is 9.90. The van der Waals surface area contributed by atoms with Gasteiger partial charge < -0.3 is 10.1 Å². The maximum Gasteiger partial charge on any atom is 0.408 e. The highest BCUT2D eigenvalue weighted by atomic mass is 16.6. The molecule has 1 fully saturated rings. The SMILES string of the molecule is CC(C)(C)OC(=O)NC1CCCN1. The lowest BCUT2D eigenvalue weighted by atomic mass is 10.2. The second-order valence-corrected chi connectivity index (χ2v) is 4.30. The predicted octanol–water partition coefficient (Wildman–Crippen LogP) is 1.22. The van der Waals surface area contributed by atoms with Gasteiger partial charge in [-0.1, -0.05) is 0 Å². The van der Waals surface area contributed by atoms with Crippen LogP contribution in [0.4, 0.5) is 4.79 Å². The molecule has 0 radical (unpaired) electrons. The van der Waals surface area contributed by atoms with Crippen LogP contribution < -0.4 is 10.6 Å². The number of nitrogens with one attached hydrogen (secondary N) is 2. The largest absolute Gasteiger partial charge is 0.444 e. The van der Waals surface area contributed by atoms with Crippen LogP contribution in [0.3, 0.4) is 0 Å². The van der Waals surface area contributed by atoms with Gasteiger partial charge in [-0.05, 0) is 40.2 Å². The van der Waals surface area contributed by atoms with Gasteiger partial charge in [0.15, 0.2) is 0 Å². The van der Waals surface area contributed by atoms with Gasteiger partial charge in [-0.3, -0.25) is 5.32 Å². The minimum absolute atomic E-state index is 0.0925. The Morgan fingerprint density at radius 2 is 2.23 bits per heavy atom. The molecule has 0 aromatic heterocycles. The van der Waals surface area contributed by atoms with Gasteiger partial charge in [0.1, 0.15) is 5.60 Å². The fourth-order valence-electron chi connectivity index (χ4n) is 1.26. The zero-order valence-electron chi connectivity index (χ0n) is 8.52. The van der Waals surface area contributed by atoms with Crippen LogP contribution in [0.2, 0.25) is 0 Å². The molecule has 0 aromatic rings. The van der Waals surface area contributed by atoms with Crippen molar-refractivity contribution in [3.05, 3.63) is 0 Å². The lowest BCUT2D eigenvalue weighted by Crippen LogP contribution is -2.43. The maximum absolute atomic E-state index is 11.2. The number of rotatable bonds is 1. The van der Waals surface area contributed by atoms with Gasteiger partial charge >= 0.3 is 6.09 Å². The molecule has 13 heavy (non-hydrogen) atoms. The van der Waals surface area contributed by atoms with Crippen LogP contribution in [0.25, 0.3) is 0 Å². The molecule has 1 saturated heterocycles. The van der Waals surface area contributed by atoms with E-state index in [-0.39, 0.29) is 12.3 Å². The summed E-state index contributed by atoms with van der Waals surface area (Å²) in [6, 6.07) is 0. The molecule has 1 rings (SSSR count). The number of carbonyl (C=O) groups is 1. The molecule has 1 heterocycles. The van der Waals surface area contributed by atoms with Crippen molar-refractivity contribution in [2.45, 2.75) is 45.4 Å². The first-order valence-corrected chi connectivity index (χ1v) is 4.70. The van der Waals surface area contributed by atoms with E-state index in [9.17, 15) is 4.79 Å². The van der Waals surface area contributed by atoms with Crippen LogP contribution in [0.1, 0.15) is 33.6 Å². The van der Waals surface area contributed by atoms with Crippen LogP contribution in [0.15, 0.2) is 0 Å². The number of alkyl carbamates (subject to hydrolysis) is 1. The number of carbonyl (C=O) groups excluding carboxylic acids is 1. The molecule has 0 aliphatic carbocycles. The highest BCUT2D eigenvalue weighted by Crippen LogP contribution is 2.08. The molecule has 1 aliphatic heterocycles. The van der Waals surface area contributed by atoms with Gasteiger partial charge in [0.05, 0.1) is 6.17 Å². The van der Waals surface area contributed by atoms with Crippen LogP contribution in [-0.2, 0) is 4.74 Å². The van der Waals surface area contributed by atoms with Gasteiger partial charge in [0, 0.05) is 0 Å². The molecule has 1 atom stereocenters. The minimum atomic E-state index is -0.414. The molecule has 1 aliphatic rings. The molecule has 0 aromatic carbocycles. The molecular weight excluding hydrogens is 168 g/mol. The van der Waals surface area contributed by atoms with E-state index in [1.54, 1.807) is 0 Å². The fourth-order valence-corrected chi connectivity index (χ4v) is 1.26. The summed E-state index contributed by atoms with van der Waals surface area (Å²) >= 11 is 0. The minimum Gasteiger partial charge on any atom is -0.444 e. The number of hydrogen-bond acceptors (Lipinski definition) is 3. The Labute approximate surface area is 79.0 Å². The van der Waals surface area contributed by atoms with Gasteiger partial charge in [0.2, 0.25) is 0 Å². The zero-order valence-corrected chi connectivity index (χ0v) is 8.52. The first-order valence-electron chi connectivity index (χ1n) is 4.70. The first kappa shape index (κ1) is 10.3. The topological polar surface area (TPSA) is 50.4 Å². The molecule has 1 unspecified atom stereocenters. The Kier molecular flexibility index (Phi) is 3.14. The normalized spacial score (nSPS) is 22.8. The van der Waals surface area contributed by atoms with E-state index in [4.69, 9.17) is 4.74 Å². The third-order valence-electron chi connectivity index (χ3n) is 1.75. The third-order valence-corrected chi connectivity index (χ3v) is 1.75. The summed E-state index contributed by atoms with van der Waals surface area (Å²) in [6.45, 7) is 6.54. The summed E-state index contributed by atoms with van der Waals surface area (Å²) in [5, 5.41) is 5.92. The van der Waals surface area contributed by atoms with Gasteiger partial charge in [-0.2, -0.15) is 0 Å². The molecule has 0 bridgehead atoms. The Morgan fingerprint density at radius 1 is 1.54 bits per heavy atom. The Balaban J connectivity index is 2.24. The molecule has 4 nitrogen and oxygen atoms in total. The van der Waals surface area contributed by atoms with Crippen LogP contribution in [-0.4, -0.2) is 24.4 Å². The van der Waals surface area contributed by atoms with E-state index in [0.717, 1.165) is 19.4 Å². The van der Waals surface area contributed by atoms with Crippen molar-refractivity contribution < 1.29 is 9.53 Å². The second-order valence-electron chi connectivity index (χ2n) is 4.30. The number of amides is 1. The highest BCUT2D eigenvalue weighted by Gasteiger charge is 2.20. The molecule has 76 valence electrons. The lowest BCUT2D eigenvalue weighted by Gasteiger charge is -2.21. The summed E-state index contributed by atoms with van der Waals surface area (Å²) in [4.78, 5) is 11.2. The summed E-state index contributed by atoms with van der Waals surface area (Å²) < 4.78 is 5.11. The Morgan fingerprint density at radius 3 is 2.69 bits per heavy atom. The first-order chi connectivity index (χ1) is 5.97. The van der Waals surface area contributed by atoms with Crippen molar-refractivity contribution in [3.63, 3.8) is 0 Å². The van der Waals surface area contributed by atoms with Crippen molar-refractivity contribution >= 4 is 6.09 Å². The average Bonchev–Trinajstić information content (AvgIpc) is 2.34. The fraction of sp³-hybridized carbons (Fsp3) is 0.889. The van der Waals surface area contributed by atoms with Crippen molar-refractivity contribution in [1.82, 2.24) is 10.6 Å². The van der Waals surface area contributed by atoms with E-state index >= 15 is 0 Å². The molecule has 4 heteroatoms. The molecular formula is C9H18N2O2. The summed E-state index contributed by atoms with van der Waals surface area (Å²) in [5.74, 6) is 0. The third kappa shape index (κ3) is 4.12. The molecule has 1 amide bonds. The van der Waals surface area contributed by atoms with Crippen molar-refractivity contribution in [2.24, 2.45) is 0 Å². The smallest absolute Gasteiger partial charge is 0.408 e. The molecule has 0 spiro atoms. The summed E-state index contributed by atoms with van der Waals surface area (Å²) in [5.41, 5.74) is -0.414. The summed E-state index contributed by atoms with van der Waals surface area (Å²) in [7, 11) is 0.